The molecule has 0 aliphatic carbocycles. The highest BCUT2D eigenvalue weighted by molar-refractivity contribution is 5.95. The Bertz CT molecular complexity index is 924. The molecule has 166 valence electrons. The Balaban J connectivity index is 1.69. The fourth-order valence-corrected chi connectivity index (χ4v) is 3.09. The maximum atomic E-state index is 12.0. The second-order valence-corrected chi connectivity index (χ2v) is 7.46. The standard InChI is InChI=1S/C24H30N2O5/c1-5-18-8-6-7-9-21(18)26-22(27)13-25-23(28)14-31-24(29)15-30-19-10-11-20(16(2)3)17(4)12-19/h6-12,16H,5,13-15H2,1-4H3,(H,25,28)(H,26,27). The minimum absolute atomic E-state index is 0.216. The van der Waals surface area contributed by atoms with Crippen molar-refractivity contribution >= 4 is 23.5 Å². The summed E-state index contributed by atoms with van der Waals surface area (Å²) in [6.07, 6.45) is 0.780. The van der Waals surface area contributed by atoms with Gasteiger partial charge in [0.1, 0.15) is 5.75 Å². The molecule has 7 nitrogen and oxygen atoms in total. The molecular weight excluding hydrogens is 396 g/mol. The Morgan fingerprint density at radius 3 is 2.42 bits per heavy atom. The first-order valence-electron chi connectivity index (χ1n) is 10.3. The Kier molecular flexibility index (Phi) is 9.06. The van der Waals surface area contributed by atoms with Crippen molar-refractivity contribution in [3.05, 3.63) is 59.2 Å². The van der Waals surface area contributed by atoms with E-state index in [2.05, 4.69) is 24.5 Å². The largest absolute Gasteiger partial charge is 0.482 e. The van der Waals surface area contributed by atoms with Crippen LogP contribution in [-0.4, -0.2) is 37.5 Å². The zero-order valence-corrected chi connectivity index (χ0v) is 18.5. The monoisotopic (exact) mass is 426 g/mol. The van der Waals surface area contributed by atoms with Crippen molar-refractivity contribution in [1.29, 1.82) is 0 Å². The molecular formula is C24H30N2O5. The summed E-state index contributed by atoms with van der Waals surface area (Å²) < 4.78 is 10.3. The van der Waals surface area contributed by atoms with Crippen LogP contribution in [0.5, 0.6) is 5.75 Å². The van der Waals surface area contributed by atoms with Gasteiger partial charge in [0.2, 0.25) is 5.91 Å². The maximum absolute atomic E-state index is 12.0. The van der Waals surface area contributed by atoms with Crippen LogP contribution in [0.15, 0.2) is 42.5 Å². The molecule has 0 radical (unpaired) electrons. The van der Waals surface area contributed by atoms with E-state index in [0.717, 1.165) is 17.5 Å². The van der Waals surface area contributed by atoms with E-state index in [1.54, 1.807) is 12.1 Å². The van der Waals surface area contributed by atoms with Gasteiger partial charge in [-0.25, -0.2) is 4.79 Å². The van der Waals surface area contributed by atoms with Crippen molar-refractivity contribution < 1.29 is 23.9 Å². The van der Waals surface area contributed by atoms with Gasteiger partial charge in [0.15, 0.2) is 13.2 Å². The molecule has 2 rings (SSSR count). The SMILES string of the molecule is CCc1ccccc1NC(=O)CNC(=O)COC(=O)COc1ccc(C(C)C)c(C)c1. The van der Waals surface area contributed by atoms with E-state index < -0.39 is 18.5 Å². The second kappa shape index (κ2) is 11.7. The fraction of sp³-hybridized carbons (Fsp3) is 0.375. The zero-order chi connectivity index (χ0) is 22.8. The number of hydrogen-bond acceptors (Lipinski definition) is 5. The van der Waals surface area contributed by atoms with E-state index in [4.69, 9.17) is 9.47 Å². The number of benzene rings is 2. The summed E-state index contributed by atoms with van der Waals surface area (Å²) in [6.45, 7) is 7.20. The Morgan fingerprint density at radius 1 is 1.00 bits per heavy atom. The van der Waals surface area contributed by atoms with Crippen LogP contribution >= 0.6 is 0 Å². The van der Waals surface area contributed by atoms with E-state index in [1.807, 2.05) is 44.2 Å². The maximum Gasteiger partial charge on any atom is 0.344 e. The van der Waals surface area contributed by atoms with Crippen molar-refractivity contribution in [2.45, 2.75) is 40.0 Å². The predicted molar refractivity (Wildman–Crippen MR) is 119 cm³/mol. The van der Waals surface area contributed by atoms with Gasteiger partial charge in [-0.15, -0.1) is 0 Å². The molecule has 2 amide bonds. The Labute approximate surface area is 183 Å². The smallest absolute Gasteiger partial charge is 0.344 e. The molecule has 0 unspecified atom stereocenters. The number of aryl methyl sites for hydroxylation is 2. The topological polar surface area (TPSA) is 93.7 Å². The van der Waals surface area contributed by atoms with E-state index in [1.165, 1.54) is 5.56 Å². The van der Waals surface area contributed by atoms with Gasteiger partial charge in [0, 0.05) is 5.69 Å². The summed E-state index contributed by atoms with van der Waals surface area (Å²) in [7, 11) is 0. The van der Waals surface area contributed by atoms with Crippen LogP contribution in [-0.2, 0) is 25.5 Å². The molecule has 31 heavy (non-hydrogen) atoms. The van der Waals surface area contributed by atoms with Crippen molar-refractivity contribution in [2.75, 3.05) is 25.1 Å². The van der Waals surface area contributed by atoms with Crippen LogP contribution in [0.4, 0.5) is 5.69 Å². The molecule has 0 aliphatic heterocycles. The summed E-state index contributed by atoms with van der Waals surface area (Å²) in [5.41, 5.74) is 4.02. The van der Waals surface area contributed by atoms with Crippen molar-refractivity contribution in [1.82, 2.24) is 5.32 Å². The molecule has 0 atom stereocenters. The molecule has 0 spiro atoms. The number of amides is 2. The average molecular weight is 427 g/mol. The molecule has 0 saturated carbocycles. The average Bonchev–Trinajstić information content (AvgIpc) is 2.75. The van der Waals surface area contributed by atoms with E-state index in [-0.39, 0.29) is 19.1 Å². The molecule has 2 N–H and O–H groups in total. The molecule has 0 aliphatic rings. The lowest BCUT2D eigenvalue weighted by atomic mass is 9.98. The van der Waals surface area contributed by atoms with Gasteiger partial charge in [0.05, 0.1) is 6.54 Å². The van der Waals surface area contributed by atoms with Gasteiger partial charge in [-0.05, 0) is 54.2 Å². The van der Waals surface area contributed by atoms with Gasteiger partial charge < -0.3 is 20.1 Å². The highest BCUT2D eigenvalue weighted by Crippen LogP contribution is 2.23. The number of rotatable bonds is 10. The van der Waals surface area contributed by atoms with Gasteiger partial charge in [-0.3, -0.25) is 9.59 Å². The minimum atomic E-state index is -0.665. The highest BCUT2D eigenvalue weighted by Gasteiger charge is 2.12. The number of para-hydroxylation sites is 1. The molecule has 0 aromatic heterocycles. The third-order valence-corrected chi connectivity index (χ3v) is 4.70. The quantitative estimate of drug-likeness (QED) is 0.568. The van der Waals surface area contributed by atoms with Gasteiger partial charge in [0.25, 0.3) is 5.91 Å². The lowest BCUT2D eigenvalue weighted by molar-refractivity contribution is -0.150. The number of carbonyl (C=O) groups is 3. The number of hydrogen-bond donors (Lipinski definition) is 2. The first-order valence-corrected chi connectivity index (χ1v) is 10.3. The van der Waals surface area contributed by atoms with Gasteiger partial charge >= 0.3 is 5.97 Å². The lowest BCUT2D eigenvalue weighted by Gasteiger charge is -2.12. The van der Waals surface area contributed by atoms with Crippen molar-refractivity contribution in [3.63, 3.8) is 0 Å². The van der Waals surface area contributed by atoms with Crippen LogP contribution < -0.4 is 15.4 Å². The van der Waals surface area contributed by atoms with Gasteiger partial charge in [-0.1, -0.05) is 45.0 Å². The number of ether oxygens (including phenoxy) is 2. The summed E-state index contributed by atoms with van der Waals surface area (Å²) in [6, 6.07) is 13.1. The van der Waals surface area contributed by atoms with Crippen LogP contribution in [0.1, 0.15) is 43.4 Å². The van der Waals surface area contributed by atoms with E-state index in [9.17, 15) is 14.4 Å². The second-order valence-electron chi connectivity index (χ2n) is 7.46. The third-order valence-electron chi connectivity index (χ3n) is 4.70. The first-order chi connectivity index (χ1) is 14.8. The molecule has 0 heterocycles. The normalized spacial score (nSPS) is 10.5. The predicted octanol–water partition coefficient (Wildman–Crippen LogP) is 3.36. The first kappa shape index (κ1) is 23.9. The van der Waals surface area contributed by atoms with E-state index >= 15 is 0 Å². The third kappa shape index (κ3) is 7.77. The highest BCUT2D eigenvalue weighted by atomic mass is 16.6. The van der Waals surface area contributed by atoms with Crippen molar-refractivity contribution in [2.24, 2.45) is 0 Å². The molecule has 7 heteroatoms. The Hall–Kier alpha value is -3.35. The van der Waals surface area contributed by atoms with Crippen LogP contribution in [0.25, 0.3) is 0 Å². The zero-order valence-electron chi connectivity index (χ0n) is 18.5. The molecule has 2 aromatic rings. The summed E-state index contributed by atoms with van der Waals surface area (Å²) in [5.74, 6) is -0.621. The minimum Gasteiger partial charge on any atom is -0.482 e. The van der Waals surface area contributed by atoms with Crippen LogP contribution in [0.3, 0.4) is 0 Å². The number of nitrogens with one attached hydrogen (secondary N) is 2. The summed E-state index contributed by atoms with van der Waals surface area (Å²) in [4.78, 5) is 35.7. The number of carbonyl (C=O) groups excluding carboxylic acids is 3. The van der Waals surface area contributed by atoms with Crippen LogP contribution in [0.2, 0.25) is 0 Å². The Morgan fingerprint density at radius 2 is 1.74 bits per heavy atom. The molecule has 2 aromatic carbocycles. The lowest BCUT2D eigenvalue weighted by Crippen LogP contribution is -2.36. The van der Waals surface area contributed by atoms with Crippen LogP contribution in [0, 0.1) is 6.92 Å². The fourth-order valence-electron chi connectivity index (χ4n) is 3.09. The summed E-state index contributed by atoms with van der Waals surface area (Å²) >= 11 is 0. The van der Waals surface area contributed by atoms with Crippen molar-refractivity contribution in [3.8, 4) is 5.75 Å². The van der Waals surface area contributed by atoms with E-state index in [0.29, 0.717) is 17.4 Å². The number of anilines is 1. The molecule has 0 fully saturated rings. The number of esters is 1. The van der Waals surface area contributed by atoms with Gasteiger partial charge in [-0.2, -0.15) is 0 Å². The molecule has 0 saturated heterocycles. The summed E-state index contributed by atoms with van der Waals surface area (Å²) in [5, 5.41) is 5.18. The molecule has 0 bridgehead atoms.